The molecule has 0 amide bonds. The molecule has 0 fully saturated rings. The zero-order valence-corrected chi connectivity index (χ0v) is 13.0. The molecule has 1 aromatic heterocycles. The van der Waals surface area contributed by atoms with E-state index in [-0.39, 0.29) is 6.61 Å². The molecule has 2 aromatic carbocycles. The number of carbonyl (C=O) groups excluding carboxylic acids is 1. The van der Waals surface area contributed by atoms with E-state index in [1.54, 1.807) is 24.3 Å². The highest BCUT2D eigenvalue weighted by Gasteiger charge is 2.14. The molecule has 0 radical (unpaired) electrons. The molecule has 0 unspecified atom stereocenters. The number of ether oxygens (including phenoxy) is 1. The molecule has 106 valence electrons. The van der Waals surface area contributed by atoms with Gasteiger partial charge in [-0.05, 0) is 30.3 Å². The van der Waals surface area contributed by atoms with Gasteiger partial charge in [0.2, 0.25) is 5.89 Å². The maximum atomic E-state index is 12.0. The summed E-state index contributed by atoms with van der Waals surface area (Å²) in [6.45, 7) is -0.0453. The second kappa shape index (κ2) is 5.87. The van der Waals surface area contributed by atoms with E-state index in [4.69, 9.17) is 20.8 Å². The largest absolute Gasteiger partial charge is 0.452 e. The Morgan fingerprint density at radius 3 is 2.90 bits per heavy atom. The van der Waals surface area contributed by atoms with Gasteiger partial charge in [0.25, 0.3) is 0 Å². The van der Waals surface area contributed by atoms with Gasteiger partial charge in [-0.25, -0.2) is 9.78 Å². The van der Waals surface area contributed by atoms with Crippen molar-refractivity contribution in [2.45, 2.75) is 6.61 Å². The quantitative estimate of drug-likeness (QED) is 0.636. The van der Waals surface area contributed by atoms with Crippen molar-refractivity contribution in [3.05, 3.63) is 63.4 Å². The van der Waals surface area contributed by atoms with Gasteiger partial charge >= 0.3 is 5.97 Å². The van der Waals surface area contributed by atoms with Gasteiger partial charge in [0.05, 0.1) is 10.6 Å². The molecular formula is C15H9BrClNO3. The van der Waals surface area contributed by atoms with Crippen LogP contribution in [0.1, 0.15) is 16.2 Å². The number of esters is 1. The Morgan fingerprint density at radius 1 is 1.29 bits per heavy atom. The maximum absolute atomic E-state index is 12.0. The lowest BCUT2D eigenvalue weighted by Gasteiger charge is -2.04. The molecule has 0 aliphatic heterocycles. The first-order chi connectivity index (χ1) is 10.1. The molecule has 3 rings (SSSR count). The van der Waals surface area contributed by atoms with Gasteiger partial charge in [-0.15, -0.1) is 0 Å². The molecule has 0 spiro atoms. The Balaban J connectivity index is 1.74. The molecule has 0 N–H and O–H groups in total. The summed E-state index contributed by atoms with van der Waals surface area (Å²) in [6.07, 6.45) is 0. The number of oxazole rings is 1. The van der Waals surface area contributed by atoms with Crippen LogP contribution in [0.3, 0.4) is 0 Å². The molecule has 0 atom stereocenters. The SMILES string of the molecule is O=C(OCc1nc2ccccc2o1)c1cc(Br)ccc1Cl. The van der Waals surface area contributed by atoms with Crippen LogP contribution in [0.5, 0.6) is 0 Å². The first kappa shape index (κ1) is 14.1. The number of carbonyl (C=O) groups is 1. The third-order valence-corrected chi connectivity index (χ3v) is 3.64. The lowest BCUT2D eigenvalue weighted by molar-refractivity contribution is 0.0440. The van der Waals surface area contributed by atoms with Crippen LogP contribution in [0.25, 0.3) is 11.1 Å². The normalized spacial score (nSPS) is 10.8. The van der Waals surface area contributed by atoms with Crippen molar-refractivity contribution < 1.29 is 13.9 Å². The highest BCUT2D eigenvalue weighted by atomic mass is 79.9. The van der Waals surface area contributed by atoms with E-state index >= 15 is 0 Å². The van der Waals surface area contributed by atoms with Gasteiger partial charge in [-0.1, -0.05) is 39.7 Å². The molecule has 0 bridgehead atoms. The highest BCUT2D eigenvalue weighted by molar-refractivity contribution is 9.10. The van der Waals surface area contributed by atoms with Gasteiger partial charge in [0, 0.05) is 4.47 Å². The molecule has 6 heteroatoms. The Labute approximate surface area is 133 Å². The monoisotopic (exact) mass is 365 g/mol. The van der Waals surface area contributed by atoms with E-state index < -0.39 is 5.97 Å². The van der Waals surface area contributed by atoms with Crippen molar-refractivity contribution >= 4 is 44.6 Å². The fraction of sp³-hybridized carbons (Fsp3) is 0.0667. The second-order valence-corrected chi connectivity index (χ2v) is 5.60. The minimum atomic E-state index is -0.524. The fourth-order valence-electron chi connectivity index (χ4n) is 1.84. The first-order valence-electron chi connectivity index (χ1n) is 6.10. The lowest BCUT2D eigenvalue weighted by Crippen LogP contribution is -2.06. The summed E-state index contributed by atoms with van der Waals surface area (Å²) in [5.41, 5.74) is 1.68. The molecule has 0 saturated carbocycles. The summed E-state index contributed by atoms with van der Waals surface area (Å²) in [7, 11) is 0. The minimum Gasteiger partial charge on any atom is -0.452 e. The number of nitrogens with zero attached hydrogens (tertiary/aromatic N) is 1. The summed E-state index contributed by atoms with van der Waals surface area (Å²) in [4.78, 5) is 16.2. The molecule has 1 heterocycles. The third kappa shape index (κ3) is 3.09. The standard InChI is InChI=1S/C15H9BrClNO3/c16-9-5-6-11(17)10(7-9)15(19)20-8-14-18-12-3-1-2-4-13(12)21-14/h1-7H,8H2. The first-order valence-corrected chi connectivity index (χ1v) is 7.27. The molecule has 4 nitrogen and oxygen atoms in total. The predicted molar refractivity (Wildman–Crippen MR) is 82.3 cm³/mol. The van der Waals surface area contributed by atoms with E-state index in [1.165, 1.54) is 0 Å². The van der Waals surface area contributed by atoms with Crippen LogP contribution < -0.4 is 0 Å². The average molecular weight is 367 g/mol. The Morgan fingerprint density at radius 2 is 2.10 bits per heavy atom. The number of halogens is 2. The van der Waals surface area contributed by atoms with Crippen molar-refractivity contribution in [2.24, 2.45) is 0 Å². The Bertz CT molecular complexity index is 783. The molecule has 0 aliphatic rings. The predicted octanol–water partition coefficient (Wildman–Crippen LogP) is 4.60. The van der Waals surface area contributed by atoms with Gasteiger partial charge in [0.1, 0.15) is 5.52 Å². The van der Waals surface area contributed by atoms with Gasteiger partial charge in [0.15, 0.2) is 12.2 Å². The van der Waals surface area contributed by atoms with Crippen LogP contribution in [-0.2, 0) is 11.3 Å². The van der Waals surface area contributed by atoms with Crippen LogP contribution in [0.2, 0.25) is 5.02 Å². The van der Waals surface area contributed by atoms with Crippen molar-refractivity contribution in [1.29, 1.82) is 0 Å². The van der Waals surface area contributed by atoms with Gasteiger partial charge in [-0.2, -0.15) is 0 Å². The number of rotatable bonds is 3. The maximum Gasteiger partial charge on any atom is 0.340 e. The number of benzene rings is 2. The molecule has 0 aliphatic carbocycles. The molecule has 3 aromatic rings. The lowest BCUT2D eigenvalue weighted by atomic mass is 10.2. The van der Waals surface area contributed by atoms with Crippen LogP contribution in [0.15, 0.2) is 51.4 Å². The summed E-state index contributed by atoms with van der Waals surface area (Å²) >= 11 is 9.26. The van der Waals surface area contributed by atoms with Gasteiger partial charge < -0.3 is 9.15 Å². The molecule has 21 heavy (non-hydrogen) atoms. The smallest absolute Gasteiger partial charge is 0.340 e. The fourth-order valence-corrected chi connectivity index (χ4v) is 2.40. The van der Waals surface area contributed by atoms with Crippen molar-refractivity contribution in [3.8, 4) is 0 Å². The third-order valence-electron chi connectivity index (χ3n) is 2.81. The van der Waals surface area contributed by atoms with Crippen LogP contribution in [-0.4, -0.2) is 11.0 Å². The van der Waals surface area contributed by atoms with Crippen molar-refractivity contribution in [1.82, 2.24) is 4.98 Å². The summed E-state index contributed by atoms with van der Waals surface area (Å²) in [6, 6.07) is 12.3. The number of para-hydroxylation sites is 2. The Kier molecular flexibility index (Phi) is 3.94. The van der Waals surface area contributed by atoms with E-state index in [1.807, 2.05) is 18.2 Å². The van der Waals surface area contributed by atoms with E-state index in [0.29, 0.717) is 22.1 Å². The number of hydrogen-bond acceptors (Lipinski definition) is 4. The van der Waals surface area contributed by atoms with Crippen LogP contribution >= 0.6 is 27.5 Å². The minimum absolute atomic E-state index is 0.0453. The van der Waals surface area contributed by atoms with E-state index in [2.05, 4.69) is 20.9 Å². The topological polar surface area (TPSA) is 52.3 Å². The van der Waals surface area contributed by atoms with Crippen molar-refractivity contribution in [3.63, 3.8) is 0 Å². The Hall–Kier alpha value is -1.85. The molecular weight excluding hydrogens is 358 g/mol. The van der Waals surface area contributed by atoms with Crippen LogP contribution in [0, 0.1) is 0 Å². The summed E-state index contributed by atoms with van der Waals surface area (Å²) < 4.78 is 11.4. The number of fused-ring (bicyclic) bond motifs is 1. The van der Waals surface area contributed by atoms with Crippen LogP contribution in [0.4, 0.5) is 0 Å². The van der Waals surface area contributed by atoms with E-state index in [0.717, 1.165) is 9.99 Å². The second-order valence-electron chi connectivity index (χ2n) is 4.28. The van der Waals surface area contributed by atoms with Gasteiger partial charge in [-0.3, -0.25) is 0 Å². The zero-order chi connectivity index (χ0) is 14.8. The average Bonchev–Trinajstić information content (AvgIpc) is 2.90. The number of hydrogen-bond donors (Lipinski definition) is 0. The summed E-state index contributed by atoms with van der Waals surface area (Å²) in [5, 5.41) is 0.334. The number of aromatic nitrogens is 1. The zero-order valence-electron chi connectivity index (χ0n) is 10.7. The summed E-state index contributed by atoms with van der Waals surface area (Å²) in [5.74, 6) is -0.181. The molecule has 0 saturated heterocycles. The highest BCUT2D eigenvalue weighted by Crippen LogP contribution is 2.22. The van der Waals surface area contributed by atoms with Crippen molar-refractivity contribution in [2.75, 3.05) is 0 Å². The van der Waals surface area contributed by atoms with E-state index in [9.17, 15) is 4.79 Å².